The number of nitrogens with two attached hydrogens (primary N) is 1. The Hall–Kier alpha value is -3.08. The first-order valence-corrected chi connectivity index (χ1v) is 11.5. The van der Waals surface area contributed by atoms with Gasteiger partial charge >= 0.3 is 0 Å². The van der Waals surface area contributed by atoms with Crippen molar-refractivity contribution < 1.29 is 4.79 Å². The standard InChI is InChI=1S/C26H30N4O/c1-18-8-7-9-21(26(31)30-14-5-6-15-30)24(18)19-10-11-22-20(16-19)17-23(25(27)28-22)29-12-3-2-4-13-29/h7-11,16-17H,2-6,12-15H2,1H3,(H2,27,28). The minimum absolute atomic E-state index is 0.140. The van der Waals surface area contributed by atoms with Crippen molar-refractivity contribution in [2.45, 2.75) is 39.0 Å². The lowest BCUT2D eigenvalue weighted by atomic mass is 9.93. The third-order valence-electron chi connectivity index (χ3n) is 6.70. The number of rotatable bonds is 3. The molecule has 1 amide bonds. The number of benzene rings is 2. The maximum absolute atomic E-state index is 13.3. The molecule has 2 fully saturated rings. The molecule has 2 aliphatic rings. The fraction of sp³-hybridized carbons (Fsp3) is 0.385. The molecular weight excluding hydrogens is 384 g/mol. The summed E-state index contributed by atoms with van der Waals surface area (Å²) in [6, 6.07) is 14.5. The van der Waals surface area contributed by atoms with Crippen LogP contribution in [0, 0.1) is 6.92 Å². The molecular formula is C26H30N4O. The van der Waals surface area contributed by atoms with Gasteiger partial charge < -0.3 is 15.5 Å². The third-order valence-corrected chi connectivity index (χ3v) is 6.70. The van der Waals surface area contributed by atoms with Crippen LogP contribution in [-0.2, 0) is 0 Å². The van der Waals surface area contributed by atoms with Gasteiger partial charge in [0, 0.05) is 37.1 Å². The topological polar surface area (TPSA) is 62.5 Å². The zero-order valence-electron chi connectivity index (χ0n) is 18.2. The van der Waals surface area contributed by atoms with E-state index >= 15 is 0 Å². The van der Waals surface area contributed by atoms with Crippen LogP contribution in [0.25, 0.3) is 22.0 Å². The first-order valence-electron chi connectivity index (χ1n) is 11.5. The number of carbonyl (C=O) groups excluding carboxylic acids is 1. The predicted octanol–water partition coefficient (Wildman–Crippen LogP) is 5.02. The fourth-order valence-corrected chi connectivity index (χ4v) is 5.04. The van der Waals surface area contributed by atoms with Crippen LogP contribution >= 0.6 is 0 Å². The van der Waals surface area contributed by atoms with Gasteiger partial charge in [0.25, 0.3) is 5.91 Å². The lowest BCUT2D eigenvalue weighted by molar-refractivity contribution is 0.0793. The van der Waals surface area contributed by atoms with Crippen molar-refractivity contribution in [3.63, 3.8) is 0 Å². The van der Waals surface area contributed by atoms with Crippen molar-refractivity contribution >= 4 is 28.3 Å². The molecule has 5 rings (SSSR count). The predicted molar refractivity (Wildman–Crippen MR) is 128 cm³/mol. The van der Waals surface area contributed by atoms with Crippen LogP contribution in [0.5, 0.6) is 0 Å². The van der Waals surface area contributed by atoms with E-state index in [1.54, 1.807) is 0 Å². The molecule has 0 bridgehead atoms. The van der Waals surface area contributed by atoms with Crippen LogP contribution < -0.4 is 10.6 Å². The van der Waals surface area contributed by atoms with E-state index in [-0.39, 0.29) is 5.91 Å². The average Bonchev–Trinajstić information content (AvgIpc) is 3.33. The Labute approximate surface area is 183 Å². The molecule has 0 spiro atoms. The Morgan fingerprint density at radius 1 is 0.935 bits per heavy atom. The van der Waals surface area contributed by atoms with E-state index in [2.05, 4.69) is 41.1 Å². The quantitative estimate of drug-likeness (QED) is 0.654. The van der Waals surface area contributed by atoms with Crippen molar-refractivity contribution in [2.75, 3.05) is 36.8 Å². The molecule has 160 valence electrons. The Morgan fingerprint density at radius 3 is 2.45 bits per heavy atom. The van der Waals surface area contributed by atoms with Gasteiger partial charge in [-0.1, -0.05) is 18.2 Å². The summed E-state index contributed by atoms with van der Waals surface area (Å²) in [5.74, 6) is 0.740. The van der Waals surface area contributed by atoms with E-state index in [9.17, 15) is 4.79 Å². The van der Waals surface area contributed by atoms with Crippen LogP contribution in [-0.4, -0.2) is 42.0 Å². The van der Waals surface area contributed by atoms with Crippen LogP contribution in [0.3, 0.4) is 0 Å². The lowest BCUT2D eigenvalue weighted by Gasteiger charge is -2.29. The summed E-state index contributed by atoms with van der Waals surface area (Å²) in [5.41, 5.74) is 12.2. The third kappa shape index (κ3) is 3.73. The summed E-state index contributed by atoms with van der Waals surface area (Å²) >= 11 is 0. The maximum Gasteiger partial charge on any atom is 0.254 e. The molecule has 0 saturated carbocycles. The molecule has 1 aromatic heterocycles. The molecule has 2 saturated heterocycles. The first-order chi connectivity index (χ1) is 15.1. The molecule has 5 heteroatoms. The molecule has 0 aliphatic carbocycles. The lowest BCUT2D eigenvalue weighted by Crippen LogP contribution is -2.30. The number of nitrogen functional groups attached to an aromatic ring is 1. The van der Waals surface area contributed by atoms with Crippen molar-refractivity contribution in [2.24, 2.45) is 0 Å². The number of fused-ring (bicyclic) bond motifs is 1. The molecule has 2 aliphatic heterocycles. The van der Waals surface area contributed by atoms with Crippen LogP contribution in [0.15, 0.2) is 42.5 Å². The number of aryl methyl sites for hydroxylation is 1. The number of carbonyl (C=O) groups is 1. The zero-order chi connectivity index (χ0) is 21.4. The first kappa shape index (κ1) is 19.9. The van der Waals surface area contributed by atoms with Crippen molar-refractivity contribution in [1.82, 2.24) is 9.88 Å². The average molecular weight is 415 g/mol. The monoisotopic (exact) mass is 414 g/mol. The molecule has 31 heavy (non-hydrogen) atoms. The van der Waals surface area contributed by atoms with Crippen LogP contribution in [0.4, 0.5) is 11.5 Å². The highest BCUT2D eigenvalue weighted by Gasteiger charge is 2.23. The summed E-state index contributed by atoms with van der Waals surface area (Å²) < 4.78 is 0. The van der Waals surface area contributed by atoms with E-state index in [0.717, 1.165) is 77.9 Å². The number of aromatic nitrogens is 1. The summed E-state index contributed by atoms with van der Waals surface area (Å²) in [5, 5.41) is 1.06. The number of hydrogen-bond acceptors (Lipinski definition) is 4. The van der Waals surface area contributed by atoms with Gasteiger partial charge in [-0.2, -0.15) is 0 Å². The zero-order valence-corrected chi connectivity index (χ0v) is 18.2. The van der Waals surface area contributed by atoms with Gasteiger partial charge in [0.1, 0.15) is 5.82 Å². The van der Waals surface area contributed by atoms with E-state index < -0.39 is 0 Å². The van der Waals surface area contributed by atoms with Crippen molar-refractivity contribution in [3.8, 4) is 11.1 Å². The molecule has 3 aromatic rings. The number of piperidine rings is 1. The second-order valence-corrected chi connectivity index (χ2v) is 8.84. The maximum atomic E-state index is 13.3. The number of anilines is 2. The van der Waals surface area contributed by atoms with E-state index in [1.807, 2.05) is 23.1 Å². The molecule has 0 unspecified atom stereocenters. The van der Waals surface area contributed by atoms with Crippen LogP contribution in [0.2, 0.25) is 0 Å². The highest BCUT2D eigenvalue weighted by molar-refractivity contribution is 6.03. The number of pyridine rings is 1. The molecule has 2 aromatic carbocycles. The van der Waals surface area contributed by atoms with Crippen molar-refractivity contribution in [3.05, 3.63) is 53.6 Å². The number of amides is 1. The molecule has 2 N–H and O–H groups in total. The summed E-state index contributed by atoms with van der Waals surface area (Å²) in [7, 11) is 0. The van der Waals surface area contributed by atoms with Gasteiger partial charge in [0.05, 0.1) is 11.2 Å². The summed E-state index contributed by atoms with van der Waals surface area (Å²) in [4.78, 5) is 22.3. The Kier molecular flexibility index (Phi) is 5.26. The summed E-state index contributed by atoms with van der Waals surface area (Å²) in [6.07, 6.45) is 5.86. The van der Waals surface area contributed by atoms with Gasteiger partial charge in [0.15, 0.2) is 0 Å². The van der Waals surface area contributed by atoms with Crippen LogP contribution in [0.1, 0.15) is 48.0 Å². The minimum atomic E-state index is 0.140. The normalized spacial score (nSPS) is 16.8. The SMILES string of the molecule is Cc1cccc(C(=O)N2CCCC2)c1-c1ccc2nc(N)c(N3CCCCC3)cc2c1. The number of nitrogens with zero attached hydrogens (tertiary/aromatic N) is 3. The Balaban J connectivity index is 1.59. The fourth-order valence-electron chi connectivity index (χ4n) is 5.04. The van der Waals surface area contributed by atoms with Gasteiger partial charge in [-0.25, -0.2) is 4.98 Å². The second kappa shape index (κ2) is 8.22. The molecule has 5 nitrogen and oxygen atoms in total. The smallest absolute Gasteiger partial charge is 0.254 e. The van der Waals surface area contributed by atoms with Gasteiger partial charge in [-0.3, -0.25) is 4.79 Å². The molecule has 0 atom stereocenters. The Bertz CT molecular complexity index is 1130. The number of hydrogen-bond donors (Lipinski definition) is 1. The summed E-state index contributed by atoms with van der Waals surface area (Å²) in [6.45, 7) is 5.85. The minimum Gasteiger partial charge on any atom is -0.382 e. The highest BCUT2D eigenvalue weighted by atomic mass is 16.2. The van der Waals surface area contributed by atoms with Crippen molar-refractivity contribution in [1.29, 1.82) is 0 Å². The van der Waals surface area contributed by atoms with Gasteiger partial charge in [-0.05, 0) is 80.0 Å². The number of likely N-dealkylation sites (tertiary alicyclic amines) is 1. The highest BCUT2D eigenvalue weighted by Crippen LogP contribution is 2.34. The van der Waals surface area contributed by atoms with Gasteiger partial charge in [-0.15, -0.1) is 0 Å². The van der Waals surface area contributed by atoms with E-state index in [0.29, 0.717) is 5.82 Å². The molecule has 0 radical (unpaired) electrons. The largest absolute Gasteiger partial charge is 0.382 e. The van der Waals surface area contributed by atoms with E-state index in [4.69, 9.17) is 5.73 Å². The van der Waals surface area contributed by atoms with Gasteiger partial charge in [0.2, 0.25) is 0 Å². The molecule has 3 heterocycles. The van der Waals surface area contributed by atoms with E-state index in [1.165, 1.54) is 19.3 Å². The second-order valence-electron chi connectivity index (χ2n) is 8.84. The Morgan fingerprint density at radius 2 is 1.68 bits per heavy atom.